The van der Waals surface area contributed by atoms with Crippen LogP contribution < -0.4 is 11.3 Å². The van der Waals surface area contributed by atoms with Gasteiger partial charge in [-0.1, -0.05) is 0 Å². The topological polar surface area (TPSA) is 99.9 Å². The number of nitrogens with two attached hydrogens (primary N) is 1. The van der Waals surface area contributed by atoms with Crippen LogP contribution in [0.4, 0.5) is 10.2 Å². The van der Waals surface area contributed by atoms with Crippen LogP contribution in [0.25, 0.3) is 0 Å². The number of nitrogens with one attached hydrogen (secondary N) is 2. The normalized spacial score (nSPS) is 10.3. The predicted molar refractivity (Wildman–Crippen MR) is 66.4 cm³/mol. The van der Waals surface area contributed by atoms with Gasteiger partial charge in [-0.05, 0) is 6.07 Å². The van der Waals surface area contributed by atoms with Crippen molar-refractivity contribution in [2.45, 2.75) is 6.54 Å². The van der Waals surface area contributed by atoms with Gasteiger partial charge in [0.15, 0.2) is 11.6 Å². The number of carbonyl (C=O) groups is 1. The average Bonchev–Trinajstić information content (AvgIpc) is 2.91. The zero-order valence-electron chi connectivity index (χ0n) is 10.2. The summed E-state index contributed by atoms with van der Waals surface area (Å²) in [6, 6.07) is 1.30. The Bertz CT molecular complexity index is 571. The SMILES string of the molecule is CN(Cc1ncc[nH]1)C(=O)c1ccnc(NN)c1F. The molecule has 1 amide bonds. The second-order valence-corrected chi connectivity index (χ2v) is 3.86. The first-order chi connectivity index (χ1) is 9.13. The molecular weight excluding hydrogens is 251 g/mol. The van der Waals surface area contributed by atoms with Crippen molar-refractivity contribution in [3.8, 4) is 0 Å². The number of halogens is 1. The van der Waals surface area contributed by atoms with Crippen LogP contribution in [0.3, 0.4) is 0 Å². The maximum absolute atomic E-state index is 13.9. The van der Waals surface area contributed by atoms with Crippen LogP contribution in [0.2, 0.25) is 0 Å². The van der Waals surface area contributed by atoms with E-state index in [2.05, 4.69) is 20.4 Å². The first-order valence-electron chi connectivity index (χ1n) is 5.48. The third-order valence-electron chi connectivity index (χ3n) is 2.54. The Labute approximate surface area is 108 Å². The summed E-state index contributed by atoms with van der Waals surface area (Å²) >= 11 is 0. The fraction of sp³-hybridized carbons (Fsp3) is 0.182. The lowest BCUT2D eigenvalue weighted by Crippen LogP contribution is -2.28. The first-order valence-corrected chi connectivity index (χ1v) is 5.48. The molecule has 0 aliphatic rings. The van der Waals surface area contributed by atoms with Crippen molar-refractivity contribution < 1.29 is 9.18 Å². The van der Waals surface area contributed by atoms with E-state index in [1.54, 1.807) is 19.4 Å². The molecule has 7 nitrogen and oxygen atoms in total. The van der Waals surface area contributed by atoms with Crippen molar-refractivity contribution in [3.63, 3.8) is 0 Å². The molecular formula is C11H13FN6O. The summed E-state index contributed by atoms with van der Waals surface area (Å²) in [5, 5.41) is 0. The van der Waals surface area contributed by atoms with Gasteiger partial charge in [0.2, 0.25) is 0 Å². The molecule has 0 bridgehead atoms. The summed E-state index contributed by atoms with van der Waals surface area (Å²) < 4.78 is 13.9. The third-order valence-corrected chi connectivity index (χ3v) is 2.54. The second-order valence-electron chi connectivity index (χ2n) is 3.86. The first kappa shape index (κ1) is 13.0. The molecule has 0 saturated carbocycles. The molecule has 4 N–H and O–H groups in total. The van der Waals surface area contributed by atoms with Gasteiger partial charge in [-0.3, -0.25) is 4.79 Å². The van der Waals surface area contributed by atoms with Crippen molar-refractivity contribution in [2.24, 2.45) is 5.84 Å². The van der Waals surface area contributed by atoms with E-state index in [0.29, 0.717) is 5.82 Å². The molecule has 8 heteroatoms. The van der Waals surface area contributed by atoms with Gasteiger partial charge in [0, 0.05) is 25.6 Å². The number of pyridine rings is 1. The number of imidazole rings is 1. The summed E-state index contributed by atoms with van der Waals surface area (Å²) in [5.41, 5.74) is 2.00. The minimum atomic E-state index is -0.777. The number of aromatic nitrogens is 3. The maximum atomic E-state index is 13.9. The number of hydrogen-bond acceptors (Lipinski definition) is 5. The van der Waals surface area contributed by atoms with Crippen LogP contribution in [0.15, 0.2) is 24.7 Å². The molecule has 0 aliphatic carbocycles. The smallest absolute Gasteiger partial charge is 0.257 e. The lowest BCUT2D eigenvalue weighted by Gasteiger charge is -2.16. The van der Waals surface area contributed by atoms with Gasteiger partial charge in [0.05, 0.1) is 12.1 Å². The molecule has 0 aromatic carbocycles. The van der Waals surface area contributed by atoms with E-state index < -0.39 is 11.7 Å². The molecule has 0 spiro atoms. The zero-order valence-corrected chi connectivity index (χ0v) is 10.2. The molecule has 0 aliphatic heterocycles. The Morgan fingerprint density at radius 3 is 2.95 bits per heavy atom. The van der Waals surface area contributed by atoms with Gasteiger partial charge < -0.3 is 15.3 Å². The summed E-state index contributed by atoms with van der Waals surface area (Å²) in [6.07, 6.45) is 4.54. The molecule has 0 radical (unpaired) electrons. The number of amides is 1. The van der Waals surface area contributed by atoms with Gasteiger partial charge in [-0.15, -0.1) is 0 Å². The van der Waals surface area contributed by atoms with E-state index in [0.717, 1.165) is 0 Å². The van der Waals surface area contributed by atoms with Gasteiger partial charge in [0.25, 0.3) is 5.91 Å². The molecule has 2 aromatic heterocycles. The van der Waals surface area contributed by atoms with E-state index >= 15 is 0 Å². The number of nitrogen functional groups attached to an aromatic ring is 1. The maximum Gasteiger partial charge on any atom is 0.257 e. The highest BCUT2D eigenvalue weighted by Gasteiger charge is 2.19. The Kier molecular flexibility index (Phi) is 3.71. The quantitative estimate of drug-likeness (QED) is 0.551. The number of carbonyl (C=O) groups excluding carboxylic acids is 1. The minimum absolute atomic E-state index is 0.1000. The Hall–Kier alpha value is -2.48. The number of rotatable bonds is 4. The predicted octanol–water partition coefficient (Wildman–Crippen LogP) is 0.502. The number of aromatic amines is 1. The number of H-pyrrole nitrogens is 1. The van der Waals surface area contributed by atoms with Crippen molar-refractivity contribution in [2.75, 3.05) is 12.5 Å². The Morgan fingerprint density at radius 2 is 2.32 bits per heavy atom. The summed E-state index contributed by atoms with van der Waals surface area (Å²) in [5.74, 6) is 4.30. The van der Waals surface area contributed by atoms with Gasteiger partial charge in [-0.25, -0.2) is 20.2 Å². The van der Waals surface area contributed by atoms with Crippen molar-refractivity contribution in [1.29, 1.82) is 0 Å². The number of nitrogens with zero attached hydrogens (tertiary/aromatic N) is 3. The molecule has 0 fully saturated rings. The second kappa shape index (κ2) is 5.44. The van der Waals surface area contributed by atoms with Crippen LogP contribution in [-0.4, -0.2) is 32.8 Å². The Morgan fingerprint density at radius 1 is 1.53 bits per heavy atom. The molecule has 0 unspecified atom stereocenters. The van der Waals surface area contributed by atoms with Crippen LogP contribution >= 0.6 is 0 Å². The number of hydrazine groups is 1. The van der Waals surface area contributed by atoms with Gasteiger partial charge in [0.1, 0.15) is 5.82 Å². The van der Waals surface area contributed by atoms with Crippen molar-refractivity contribution in [3.05, 3.63) is 41.9 Å². The fourth-order valence-corrected chi connectivity index (χ4v) is 1.60. The monoisotopic (exact) mass is 264 g/mol. The zero-order chi connectivity index (χ0) is 13.8. The van der Waals surface area contributed by atoms with E-state index in [4.69, 9.17) is 5.84 Å². The minimum Gasteiger partial charge on any atom is -0.347 e. The molecule has 2 heterocycles. The van der Waals surface area contributed by atoms with Crippen LogP contribution in [0, 0.1) is 5.82 Å². The molecule has 100 valence electrons. The molecule has 2 rings (SSSR count). The standard InChI is InChI=1S/C11H13FN6O/c1-18(6-8-14-4-5-15-8)11(19)7-2-3-16-10(17-13)9(7)12/h2-5H,6,13H2,1H3,(H,14,15)(H,16,17). The molecule has 0 atom stereocenters. The Balaban J connectivity index is 2.19. The lowest BCUT2D eigenvalue weighted by molar-refractivity contribution is 0.0777. The van der Waals surface area contributed by atoms with Crippen molar-refractivity contribution in [1.82, 2.24) is 19.9 Å². The number of hydrogen-bond donors (Lipinski definition) is 3. The van der Waals surface area contributed by atoms with Crippen LogP contribution in [-0.2, 0) is 6.54 Å². The highest BCUT2D eigenvalue weighted by molar-refractivity contribution is 5.94. The van der Waals surface area contributed by atoms with Crippen LogP contribution in [0.5, 0.6) is 0 Å². The highest BCUT2D eigenvalue weighted by atomic mass is 19.1. The summed E-state index contributed by atoms with van der Waals surface area (Å²) in [4.78, 5) is 24.0. The molecule has 2 aromatic rings. The van der Waals surface area contributed by atoms with E-state index in [9.17, 15) is 9.18 Å². The molecule has 19 heavy (non-hydrogen) atoms. The van der Waals surface area contributed by atoms with Crippen LogP contribution in [0.1, 0.15) is 16.2 Å². The lowest BCUT2D eigenvalue weighted by atomic mass is 10.2. The summed E-state index contributed by atoms with van der Waals surface area (Å²) in [6.45, 7) is 0.249. The third kappa shape index (κ3) is 2.68. The van der Waals surface area contributed by atoms with Crippen molar-refractivity contribution >= 4 is 11.7 Å². The average molecular weight is 264 g/mol. The molecule has 0 saturated heterocycles. The van der Waals surface area contributed by atoms with E-state index in [1.807, 2.05) is 0 Å². The largest absolute Gasteiger partial charge is 0.347 e. The summed E-state index contributed by atoms with van der Waals surface area (Å²) in [7, 11) is 1.56. The highest BCUT2D eigenvalue weighted by Crippen LogP contribution is 2.16. The van der Waals surface area contributed by atoms with E-state index in [-0.39, 0.29) is 17.9 Å². The fourth-order valence-electron chi connectivity index (χ4n) is 1.60. The van der Waals surface area contributed by atoms with Gasteiger partial charge >= 0.3 is 0 Å². The van der Waals surface area contributed by atoms with Gasteiger partial charge in [-0.2, -0.15) is 0 Å². The number of anilines is 1. The van der Waals surface area contributed by atoms with E-state index in [1.165, 1.54) is 17.2 Å².